The highest BCUT2D eigenvalue weighted by molar-refractivity contribution is 6.33. The van der Waals surface area contributed by atoms with Gasteiger partial charge in [-0.1, -0.05) is 11.6 Å². The highest BCUT2D eigenvalue weighted by atomic mass is 35.5. The van der Waals surface area contributed by atoms with Crippen molar-refractivity contribution in [2.75, 3.05) is 11.9 Å². The smallest absolute Gasteiger partial charge is 0.337 e. The fourth-order valence-electron chi connectivity index (χ4n) is 1.08. The summed E-state index contributed by atoms with van der Waals surface area (Å²) in [5, 5.41) is 11.8. The molecular formula is C11H14ClN3O3. The van der Waals surface area contributed by atoms with Crippen molar-refractivity contribution >= 4 is 29.3 Å². The molecule has 0 atom stereocenters. The molecule has 0 aliphatic rings. The van der Waals surface area contributed by atoms with E-state index in [9.17, 15) is 9.59 Å². The van der Waals surface area contributed by atoms with Crippen LogP contribution in [0.25, 0.3) is 0 Å². The zero-order chi connectivity index (χ0) is 13.9. The first-order valence-corrected chi connectivity index (χ1v) is 5.54. The van der Waals surface area contributed by atoms with Gasteiger partial charge >= 0.3 is 5.97 Å². The predicted octanol–water partition coefficient (Wildman–Crippen LogP) is 1.36. The van der Waals surface area contributed by atoms with Crippen LogP contribution in [-0.4, -0.2) is 28.5 Å². The van der Waals surface area contributed by atoms with Crippen LogP contribution in [0.1, 0.15) is 24.2 Å². The summed E-state index contributed by atoms with van der Waals surface area (Å²) < 4.78 is 0. The number of carbonyl (C=O) groups excluding carboxylic acids is 1. The number of primary amides is 1. The number of hydrogen-bond donors (Lipinski definition) is 3. The third-order valence-electron chi connectivity index (χ3n) is 2.45. The van der Waals surface area contributed by atoms with Gasteiger partial charge in [0.15, 0.2) is 0 Å². The number of rotatable bonds is 5. The lowest BCUT2D eigenvalue weighted by Gasteiger charge is -2.21. The van der Waals surface area contributed by atoms with E-state index in [1.807, 2.05) is 0 Å². The molecule has 4 N–H and O–H groups in total. The van der Waals surface area contributed by atoms with Crippen LogP contribution >= 0.6 is 11.6 Å². The zero-order valence-corrected chi connectivity index (χ0v) is 10.8. The van der Waals surface area contributed by atoms with Gasteiger partial charge in [-0.2, -0.15) is 0 Å². The summed E-state index contributed by atoms with van der Waals surface area (Å²) in [7, 11) is 0. The van der Waals surface area contributed by atoms with Gasteiger partial charge in [-0.05, 0) is 19.9 Å². The third kappa shape index (κ3) is 3.33. The highest BCUT2D eigenvalue weighted by Crippen LogP contribution is 2.22. The molecule has 1 aromatic heterocycles. The first-order valence-electron chi connectivity index (χ1n) is 5.16. The Kier molecular flexibility index (Phi) is 4.13. The number of carboxylic acids is 1. The van der Waals surface area contributed by atoms with E-state index in [2.05, 4.69) is 10.3 Å². The molecule has 0 saturated heterocycles. The number of anilines is 1. The van der Waals surface area contributed by atoms with Crippen LogP contribution in [0.3, 0.4) is 0 Å². The van der Waals surface area contributed by atoms with Gasteiger partial charge in [-0.25, -0.2) is 9.78 Å². The van der Waals surface area contributed by atoms with E-state index in [0.29, 0.717) is 5.82 Å². The monoisotopic (exact) mass is 271 g/mol. The molecule has 0 unspecified atom stereocenters. The van der Waals surface area contributed by atoms with Gasteiger partial charge in [0.2, 0.25) is 5.91 Å². The molecule has 1 aromatic rings. The van der Waals surface area contributed by atoms with Gasteiger partial charge in [0.25, 0.3) is 0 Å². The first kappa shape index (κ1) is 14.2. The molecule has 98 valence electrons. The predicted molar refractivity (Wildman–Crippen MR) is 67.7 cm³/mol. The number of pyridine rings is 1. The third-order valence-corrected chi connectivity index (χ3v) is 2.74. The first-order chi connectivity index (χ1) is 8.24. The van der Waals surface area contributed by atoms with Gasteiger partial charge in [0.1, 0.15) is 5.82 Å². The fourth-order valence-corrected chi connectivity index (χ4v) is 1.31. The van der Waals surface area contributed by atoms with Crippen LogP contribution in [0.2, 0.25) is 5.02 Å². The molecule has 0 aliphatic carbocycles. The number of carbonyl (C=O) groups is 2. The number of amides is 1. The molecular weight excluding hydrogens is 258 g/mol. The molecule has 1 heterocycles. The van der Waals surface area contributed by atoms with E-state index >= 15 is 0 Å². The van der Waals surface area contributed by atoms with E-state index in [0.717, 1.165) is 0 Å². The van der Waals surface area contributed by atoms with Crippen LogP contribution in [0.15, 0.2) is 12.3 Å². The normalized spacial score (nSPS) is 11.1. The standard InChI is InChI=1S/C11H14ClN3O3/c1-11(2,10(13)18)5-15-8-7(12)3-6(4-14-8)9(16)17/h3-4H,5H2,1-2H3,(H2,13,18)(H,14,15)(H,16,17). The van der Waals surface area contributed by atoms with E-state index in [-0.39, 0.29) is 17.1 Å². The summed E-state index contributed by atoms with van der Waals surface area (Å²) in [6, 6.07) is 1.29. The quantitative estimate of drug-likeness (QED) is 0.750. The Labute approximate surface area is 109 Å². The number of aromatic carboxylic acids is 1. The summed E-state index contributed by atoms with van der Waals surface area (Å²) in [4.78, 5) is 25.7. The lowest BCUT2D eigenvalue weighted by Crippen LogP contribution is -2.37. The van der Waals surface area contributed by atoms with Crippen molar-refractivity contribution in [1.82, 2.24) is 4.98 Å². The van der Waals surface area contributed by atoms with Crippen LogP contribution in [0, 0.1) is 5.41 Å². The Morgan fingerprint density at radius 1 is 1.56 bits per heavy atom. The van der Waals surface area contributed by atoms with Crippen LogP contribution < -0.4 is 11.1 Å². The number of carboxylic acid groups (broad SMARTS) is 1. The number of nitrogens with one attached hydrogen (secondary N) is 1. The molecule has 1 amide bonds. The highest BCUT2D eigenvalue weighted by Gasteiger charge is 2.25. The number of nitrogens with zero attached hydrogens (tertiary/aromatic N) is 1. The lowest BCUT2D eigenvalue weighted by atomic mass is 9.93. The second kappa shape index (κ2) is 5.22. The number of nitrogens with two attached hydrogens (primary N) is 1. The molecule has 6 nitrogen and oxygen atoms in total. The van der Waals surface area contributed by atoms with Crippen molar-refractivity contribution in [1.29, 1.82) is 0 Å². The summed E-state index contributed by atoms with van der Waals surface area (Å²) >= 11 is 5.88. The van der Waals surface area contributed by atoms with Crippen molar-refractivity contribution in [3.8, 4) is 0 Å². The zero-order valence-electron chi connectivity index (χ0n) is 10.0. The maximum Gasteiger partial charge on any atom is 0.337 e. The second-order valence-corrected chi connectivity index (χ2v) is 4.87. The van der Waals surface area contributed by atoms with Gasteiger partial charge < -0.3 is 16.2 Å². The number of halogens is 1. The summed E-state index contributed by atoms with van der Waals surface area (Å²) in [5.74, 6) is -1.24. The Bertz CT molecular complexity index is 488. The SMILES string of the molecule is CC(C)(CNc1ncc(C(=O)O)cc1Cl)C(N)=O. The minimum Gasteiger partial charge on any atom is -0.478 e. The molecule has 1 rings (SSSR count). The van der Waals surface area contributed by atoms with E-state index in [4.69, 9.17) is 22.4 Å². The maximum atomic E-state index is 11.1. The fraction of sp³-hybridized carbons (Fsp3) is 0.364. The second-order valence-electron chi connectivity index (χ2n) is 4.46. The molecule has 0 spiro atoms. The molecule has 7 heteroatoms. The average molecular weight is 272 g/mol. The van der Waals surface area contributed by atoms with Crippen molar-refractivity contribution < 1.29 is 14.7 Å². The molecule has 0 radical (unpaired) electrons. The topological polar surface area (TPSA) is 105 Å². The van der Waals surface area contributed by atoms with E-state index in [1.165, 1.54) is 12.3 Å². The lowest BCUT2D eigenvalue weighted by molar-refractivity contribution is -0.125. The minimum atomic E-state index is -1.10. The minimum absolute atomic E-state index is 0.000267. The summed E-state index contributed by atoms with van der Waals surface area (Å²) in [5.41, 5.74) is 4.47. The Morgan fingerprint density at radius 3 is 2.61 bits per heavy atom. The molecule has 0 saturated carbocycles. The Hall–Kier alpha value is -1.82. The summed E-state index contributed by atoms with van der Waals surface area (Å²) in [6.45, 7) is 3.62. The van der Waals surface area contributed by atoms with Crippen molar-refractivity contribution in [2.24, 2.45) is 11.1 Å². The molecule has 0 aliphatic heterocycles. The van der Waals surface area contributed by atoms with Crippen molar-refractivity contribution in [2.45, 2.75) is 13.8 Å². The van der Waals surface area contributed by atoms with Gasteiger partial charge in [-0.15, -0.1) is 0 Å². The number of aromatic nitrogens is 1. The molecule has 0 bridgehead atoms. The molecule has 18 heavy (non-hydrogen) atoms. The number of hydrogen-bond acceptors (Lipinski definition) is 4. The van der Waals surface area contributed by atoms with Gasteiger partial charge in [-0.3, -0.25) is 4.79 Å². The summed E-state index contributed by atoms with van der Waals surface area (Å²) in [6.07, 6.45) is 1.19. The van der Waals surface area contributed by atoms with Crippen molar-refractivity contribution in [3.63, 3.8) is 0 Å². The molecule has 0 fully saturated rings. The van der Waals surface area contributed by atoms with E-state index in [1.54, 1.807) is 13.8 Å². The van der Waals surface area contributed by atoms with Crippen LogP contribution in [0.4, 0.5) is 5.82 Å². The van der Waals surface area contributed by atoms with Crippen LogP contribution in [0.5, 0.6) is 0 Å². The average Bonchev–Trinajstić information content (AvgIpc) is 2.26. The van der Waals surface area contributed by atoms with Crippen molar-refractivity contribution in [3.05, 3.63) is 22.8 Å². The van der Waals surface area contributed by atoms with Gasteiger partial charge in [0.05, 0.1) is 16.0 Å². The largest absolute Gasteiger partial charge is 0.478 e. The van der Waals surface area contributed by atoms with Gasteiger partial charge in [0, 0.05) is 12.7 Å². The van der Waals surface area contributed by atoms with Crippen LogP contribution in [-0.2, 0) is 4.79 Å². The Balaban J connectivity index is 2.81. The molecule has 0 aromatic carbocycles. The maximum absolute atomic E-state index is 11.1. The van der Waals surface area contributed by atoms with E-state index < -0.39 is 17.3 Å². The Morgan fingerprint density at radius 2 is 2.17 bits per heavy atom.